The second-order valence-corrected chi connectivity index (χ2v) is 5.73. The lowest BCUT2D eigenvalue weighted by Crippen LogP contribution is -2.34. The van der Waals surface area contributed by atoms with E-state index in [0.717, 1.165) is 18.9 Å². The fourth-order valence-electron chi connectivity index (χ4n) is 3.07. The summed E-state index contributed by atoms with van der Waals surface area (Å²) in [4.78, 5) is 0. The van der Waals surface area contributed by atoms with Crippen molar-refractivity contribution in [2.45, 2.75) is 57.9 Å². The highest BCUT2D eigenvalue weighted by Gasteiger charge is 2.18. The standard InChI is InChI=1S/C17H27N/c1-15(17-11-7-2-3-8-12-17)18-14-13-16-9-5-4-6-10-16/h4-6,9-10,15,17-18H,2-3,7-8,11-14H2,1H3/t15-/m0/s1. The van der Waals surface area contributed by atoms with E-state index in [0.29, 0.717) is 6.04 Å². The molecule has 1 nitrogen and oxygen atoms in total. The monoisotopic (exact) mass is 245 g/mol. The van der Waals surface area contributed by atoms with E-state index in [4.69, 9.17) is 0 Å². The maximum Gasteiger partial charge on any atom is 0.00671 e. The summed E-state index contributed by atoms with van der Waals surface area (Å²) in [6, 6.07) is 11.5. The molecule has 1 aliphatic rings. The van der Waals surface area contributed by atoms with E-state index in [-0.39, 0.29) is 0 Å². The molecule has 0 aromatic heterocycles. The predicted molar refractivity (Wildman–Crippen MR) is 78.8 cm³/mol. The van der Waals surface area contributed by atoms with Gasteiger partial charge in [0.25, 0.3) is 0 Å². The van der Waals surface area contributed by atoms with Crippen LogP contribution in [0, 0.1) is 5.92 Å². The van der Waals surface area contributed by atoms with Gasteiger partial charge in [-0.1, -0.05) is 56.0 Å². The van der Waals surface area contributed by atoms with Gasteiger partial charge in [0.05, 0.1) is 0 Å². The summed E-state index contributed by atoms with van der Waals surface area (Å²) in [5.74, 6) is 0.906. The number of benzene rings is 1. The molecule has 1 aliphatic carbocycles. The molecule has 1 saturated carbocycles. The molecule has 1 N–H and O–H groups in total. The quantitative estimate of drug-likeness (QED) is 0.767. The Morgan fingerprint density at radius 2 is 1.72 bits per heavy atom. The molecule has 2 rings (SSSR count). The molecule has 1 atom stereocenters. The Balaban J connectivity index is 1.69. The molecule has 18 heavy (non-hydrogen) atoms. The smallest absolute Gasteiger partial charge is 0.00671 e. The molecule has 100 valence electrons. The SMILES string of the molecule is C[C@H](NCCc1ccccc1)C1CCCCCC1. The van der Waals surface area contributed by atoms with Crippen molar-refractivity contribution in [2.75, 3.05) is 6.54 Å². The van der Waals surface area contributed by atoms with Crippen LogP contribution in [0.5, 0.6) is 0 Å². The predicted octanol–water partition coefficient (Wildman–Crippen LogP) is 4.18. The summed E-state index contributed by atoms with van der Waals surface area (Å²) in [6.07, 6.45) is 9.79. The summed E-state index contributed by atoms with van der Waals surface area (Å²) in [6.45, 7) is 3.49. The second kappa shape index (κ2) is 7.58. The van der Waals surface area contributed by atoms with Gasteiger partial charge in [0.1, 0.15) is 0 Å². The third-order valence-corrected chi connectivity index (χ3v) is 4.33. The van der Waals surface area contributed by atoms with Crippen LogP contribution in [0.4, 0.5) is 0 Å². The molecule has 0 amide bonds. The molecule has 0 saturated heterocycles. The van der Waals surface area contributed by atoms with Crippen molar-refractivity contribution in [3.05, 3.63) is 35.9 Å². The normalized spacial score (nSPS) is 19.4. The van der Waals surface area contributed by atoms with E-state index in [1.54, 1.807) is 0 Å². The summed E-state index contributed by atoms with van der Waals surface area (Å²) in [5.41, 5.74) is 1.44. The average molecular weight is 245 g/mol. The maximum absolute atomic E-state index is 3.73. The Morgan fingerprint density at radius 1 is 1.06 bits per heavy atom. The van der Waals surface area contributed by atoms with Crippen molar-refractivity contribution < 1.29 is 0 Å². The van der Waals surface area contributed by atoms with Crippen LogP contribution in [-0.2, 0) is 6.42 Å². The van der Waals surface area contributed by atoms with E-state index in [2.05, 4.69) is 42.6 Å². The van der Waals surface area contributed by atoms with Gasteiger partial charge in [-0.05, 0) is 44.2 Å². The molecule has 1 heteroatoms. The van der Waals surface area contributed by atoms with Gasteiger partial charge in [-0.25, -0.2) is 0 Å². The van der Waals surface area contributed by atoms with E-state index in [1.165, 1.54) is 44.1 Å². The van der Waals surface area contributed by atoms with Crippen molar-refractivity contribution >= 4 is 0 Å². The minimum absolute atomic E-state index is 0.687. The Bertz CT molecular complexity index is 312. The van der Waals surface area contributed by atoms with Gasteiger partial charge in [-0.2, -0.15) is 0 Å². The molecule has 0 heterocycles. The summed E-state index contributed by atoms with van der Waals surface area (Å²) in [7, 11) is 0. The van der Waals surface area contributed by atoms with Gasteiger partial charge in [-0.3, -0.25) is 0 Å². The lowest BCUT2D eigenvalue weighted by atomic mass is 9.93. The van der Waals surface area contributed by atoms with Crippen molar-refractivity contribution in [1.29, 1.82) is 0 Å². The number of rotatable bonds is 5. The van der Waals surface area contributed by atoms with Crippen LogP contribution < -0.4 is 5.32 Å². The number of nitrogens with one attached hydrogen (secondary N) is 1. The minimum Gasteiger partial charge on any atom is -0.314 e. The van der Waals surface area contributed by atoms with E-state index < -0.39 is 0 Å². The zero-order valence-electron chi connectivity index (χ0n) is 11.7. The van der Waals surface area contributed by atoms with Crippen molar-refractivity contribution in [2.24, 2.45) is 5.92 Å². The highest BCUT2D eigenvalue weighted by Crippen LogP contribution is 2.25. The van der Waals surface area contributed by atoms with Gasteiger partial charge in [0.2, 0.25) is 0 Å². The van der Waals surface area contributed by atoms with Gasteiger partial charge in [-0.15, -0.1) is 0 Å². The summed E-state index contributed by atoms with van der Waals surface area (Å²) in [5, 5.41) is 3.73. The molecule has 0 spiro atoms. The number of hydrogen-bond acceptors (Lipinski definition) is 1. The zero-order chi connectivity index (χ0) is 12.6. The van der Waals surface area contributed by atoms with Crippen molar-refractivity contribution in [3.63, 3.8) is 0 Å². The van der Waals surface area contributed by atoms with Crippen molar-refractivity contribution in [3.8, 4) is 0 Å². The highest BCUT2D eigenvalue weighted by molar-refractivity contribution is 5.14. The van der Waals surface area contributed by atoms with Crippen LogP contribution in [0.25, 0.3) is 0 Å². The maximum atomic E-state index is 3.73. The van der Waals surface area contributed by atoms with E-state index in [9.17, 15) is 0 Å². The van der Waals surface area contributed by atoms with Gasteiger partial charge < -0.3 is 5.32 Å². The summed E-state index contributed by atoms with van der Waals surface area (Å²) < 4.78 is 0. The molecule has 1 aromatic carbocycles. The Hall–Kier alpha value is -0.820. The van der Waals surface area contributed by atoms with Crippen LogP contribution in [0.3, 0.4) is 0 Å². The van der Waals surface area contributed by atoms with Crippen molar-refractivity contribution in [1.82, 2.24) is 5.32 Å². The molecule has 1 aromatic rings. The van der Waals surface area contributed by atoms with Crippen LogP contribution in [0.15, 0.2) is 30.3 Å². The highest BCUT2D eigenvalue weighted by atomic mass is 14.9. The zero-order valence-corrected chi connectivity index (χ0v) is 11.7. The fourth-order valence-corrected chi connectivity index (χ4v) is 3.07. The van der Waals surface area contributed by atoms with Crippen LogP contribution in [-0.4, -0.2) is 12.6 Å². The third-order valence-electron chi connectivity index (χ3n) is 4.33. The average Bonchev–Trinajstić information content (AvgIpc) is 2.69. The molecule has 0 aliphatic heterocycles. The Morgan fingerprint density at radius 3 is 2.39 bits per heavy atom. The second-order valence-electron chi connectivity index (χ2n) is 5.73. The van der Waals surface area contributed by atoms with Gasteiger partial charge >= 0.3 is 0 Å². The van der Waals surface area contributed by atoms with Crippen LogP contribution in [0.1, 0.15) is 51.0 Å². The minimum atomic E-state index is 0.687. The Labute approximate surface area is 112 Å². The molecule has 0 radical (unpaired) electrons. The first-order valence-electron chi connectivity index (χ1n) is 7.63. The molecule has 0 unspecified atom stereocenters. The molecule has 0 bridgehead atoms. The lowest BCUT2D eigenvalue weighted by molar-refractivity contribution is 0.339. The van der Waals surface area contributed by atoms with Crippen LogP contribution in [0.2, 0.25) is 0 Å². The van der Waals surface area contributed by atoms with Gasteiger partial charge in [0, 0.05) is 6.04 Å². The topological polar surface area (TPSA) is 12.0 Å². The first kappa shape index (κ1) is 13.6. The number of hydrogen-bond donors (Lipinski definition) is 1. The molecule has 1 fully saturated rings. The van der Waals surface area contributed by atoms with E-state index >= 15 is 0 Å². The van der Waals surface area contributed by atoms with E-state index in [1.807, 2.05) is 0 Å². The first-order chi connectivity index (χ1) is 8.86. The van der Waals surface area contributed by atoms with Crippen LogP contribution >= 0.6 is 0 Å². The lowest BCUT2D eigenvalue weighted by Gasteiger charge is -2.23. The Kier molecular flexibility index (Phi) is 5.73. The molecular weight excluding hydrogens is 218 g/mol. The fraction of sp³-hybridized carbons (Fsp3) is 0.647. The first-order valence-corrected chi connectivity index (χ1v) is 7.63. The molecular formula is C17H27N. The largest absolute Gasteiger partial charge is 0.314 e. The third kappa shape index (κ3) is 4.45. The summed E-state index contributed by atoms with van der Waals surface area (Å²) >= 11 is 0. The van der Waals surface area contributed by atoms with Gasteiger partial charge in [0.15, 0.2) is 0 Å².